The van der Waals surface area contributed by atoms with E-state index in [1.54, 1.807) is 32.0 Å². The number of esters is 2. The third kappa shape index (κ3) is 3.98. The Hall–Kier alpha value is -2.04. The summed E-state index contributed by atoms with van der Waals surface area (Å²) in [6, 6.07) is 5.06. The van der Waals surface area contributed by atoms with Gasteiger partial charge in [0.2, 0.25) is 0 Å². The molecule has 1 aromatic carbocycles. The number of methoxy groups -OCH3 is 1. The Kier molecular flexibility index (Phi) is 5.85. The van der Waals surface area contributed by atoms with E-state index in [0.717, 1.165) is 0 Å². The van der Waals surface area contributed by atoms with E-state index >= 15 is 0 Å². The summed E-state index contributed by atoms with van der Waals surface area (Å²) in [5, 5.41) is 0. The first-order chi connectivity index (χ1) is 9.13. The van der Waals surface area contributed by atoms with Crippen molar-refractivity contribution in [2.75, 3.05) is 20.3 Å². The zero-order valence-electron chi connectivity index (χ0n) is 11.4. The summed E-state index contributed by atoms with van der Waals surface area (Å²) >= 11 is 0. The van der Waals surface area contributed by atoms with Gasteiger partial charge in [0.05, 0.1) is 26.7 Å². The van der Waals surface area contributed by atoms with Gasteiger partial charge in [0.1, 0.15) is 11.3 Å². The Morgan fingerprint density at radius 2 is 1.79 bits per heavy atom. The van der Waals surface area contributed by atoms with Crippen LogP contribution in [0.25, 0.3) is 0 Å². The summed E-state index contributed by atoms with van der Waals surface area (Å²) in [4.78, 5) is 23.5. The summed E-state index contributed by atoms with van der Waals surface area (Å²) in [5.41, 5.74) is 0.816. The molecule has 0 heterocycles. The average molecular weight is 266 g/mol. The van der Waals surface area contributed by atoms with Crippen LogP contribution in [0.1, 0.15) is 29.8 Å². The van der Waals surface area contributed by atoms with Crippen LogP contribution >= 0.6 is 0 Å². The van der Waals surface area contributed by atoms with Crippen LogP contribution in [0.3, 0.4) is 0 Å². The van der Waals surface area contributed by atoms with Crippen molar-refractivity contribution in [3.63, 3.8) is 0 Å². The number of hydrogen-bond acceptors (Lipinski definition) is 5. The van der Waals surface area contributed by atoms with Crippen molar-refractivity contribution in [3.8, 4) is 5.75 Å². The number of carbonyl (C=O) groups excluding carboxylic acids is 2. The van der Waals surface area contributed by atoms with Gasteiger partial charge in [-0.2, -0.15) is 0 Å². The highest BCUT2D eigenvalue weighted by molar-refractivity contribution is 5.95. The minimum atomic E-state index is -0.501. The molecule has 0 amide bonds. The van der Waals surface area contributed by atoms with Gasteiger partial charge in [-0.25, -0.2) is 4.79 Å². The fourth-order valence-corrected chi connectivity index (χ4v) is 1.70. The molecule has 104 valence electrons. The number of hydrogen-bond donors (Lipinski definition) is 0. The zero-order valence-corrected chi connectivity index (χ0v) is 11.4. The van der Waals surface area contributed by atoms with E-state index in [-0.39, 0.29) is 24.6 Å². The van der Waals surface area contributed by atoms with Gasteiger partial charge in [0.15, 0.2) is 0 Å². The van der Waals surface area contributed by atoms with Crippen LogP contribution in [0.5, 0.6) is 5.75 Å². The van der Waals surface area contributed by atoms with Crippen LogP contribution in [0, 0.1) is 0 Å². The monoisotopic (exact) mass is 266 g/mol. The Bertz CT molecular complexity index is 453. The summed E-state index contributed by atoms with van der Waals surface area (Å²) in [6.07, 6.45) is 0.0131. The molecule has 19 heavy (non-hydrogen) atoms. The number of rotatable bonds is 6. The largest absolute Gasteiger partial charge is 0.496 e. The van der Waals surface area contributed by atoms with Gasteiger partial charge in [-0.15, -0.1) is 0 Å². The van der Waals surface area contributed by atoms with E-state index in [1.165, 1.54) is 7.11 Å². The third-order valence-corrected chi connectivity index (χ3v) is 2.45. The molecule has 0 saturated carbocycles. The second-order valence-corrected chi connectivity index (χ2v) is 3.70. The fraction of sp³-hybridized carbons (Fsp3) is 0.429. The van der Waals surface area contributed by atoms with Crippen molar-refractivity contribution in [2.24, 2.45) is 0 Å². The molecule has 0 aliphatic heterocycles. The lowest BCUT2D eigenvalue weighted by molar-refractivity contribution is -0.142. The van der Waals surface area contributed by atoms with Gasteiger partial charge in [-0.3, -0.25) is 4.79 Å². The van der Waals surface area contributed by atoms with Crippen LogP contribution < -0.4 is 4.74 Å². The number of ether oxygens (including phenoxy) is 3. The maximum Gasteiger partial charge on any atom is 0.342 e. The predicted molar refractivity (Wildman–Crippen MR) is 69.3 cm³/mol. The average Bonchev–Trinajstić information content (AvgIpc) is 2.38. The number of benzene rings is 1. The summed E-state index contributed by atoms with van der Waals surface area (Å²) < 4.78 is 15.0. The first kappa shape index (κ1) is 15.0. The van der Waals surface area contributed by atoms with Crippen molar-refractivity contribution in [1.82, 2.24) is 0 Å². The molecular formula is C14H18O5. The molecule has 0 radical (unpaired) electrons. The van der Waals surface area contributed by atoms with Crippen molar-refractivity contribution in [3.05, 3.63) is 29.3 Å². The molecular weight excluding hydrogens is 248 g/mol. The molecule has 0 unspecified atom stereocenters. The van der Waals surface area contributed by atoms with Gasteiger partial charge in [0, 0.05) is 0 Å². The lowest BCUT2D eigenvalue weighted by Crippen LogP contribution is -2.14. The van der Waals surface area contributed by atoms with Gasteiger partial charge in [-0.1, -0.05) is 12.1 Å². The van der Waals surface area contributed by atoms with Gasteiger partial charge < -0.3 is 14.2 Å². The molecule has 0 spiro atoms. The van der Waals surface area contributed by atoms with E-state index in [0.29, 0.717) is 17.9 Å². The molecule has 1 rings (SSSR count). The van der Waals surface area contributed by atoms with E-state index in [9.17, 15) is 9.59 Å². The summed E-state index contributed by atoms with van der Waals surface area (Å²) in [6.45, 7) is 4.02. The Morgan fingerprint density at radius 3 is 2.37 bits per heavy atom. The van der Waals surface area contributed by atoms with Crippen molar-refractivity contribution >= 4 is 11.9 Å². The lowest BCUT2D eigenvalue weighted by atomic mass is 10.0. The quantitative estimate of drug-likeness (QED) is 0.737. The molecule has 1 aromatic rings. The highest BCUT2D eigenvalue weighted by Gasteiger charge is 2.20. The van der Waals surface area contributed by atoms with Crippen LogP contribution in [0.4, 0.5) is 0 Å². The molecule has 5 nitrogen and oxygen atoms in total. The molecule has 0 aliphatic carbocycles. The minimum absolute atomic E-state index is 0.0131. The SMILES string of the molecule is CCOC(=O)Cc1cccc(OC)c1C(=O)OCC. The van der Waals surface area contributed by atoms with E-state index in [1.807, 2.05) is 0 Å². The molecule has 0 aromatic heterocycles. The van der Waals surface area contributed by atoms with Crippen LogP contribution in [-0.2, 0) is 20.7 Å². The fourth-order valence-electron chi connectivity index (χ4n) is 1.70. The highest BCUT2D eigenvalue weighted by Crippen LogP contribution is 2.24. The molecule has 0 N–H and O–H groups in total. The maximum absolute atomic E-state index is 11.9. The standard InChI is InChI=1S/C14H18O5/c1-4-18-12(15)9-10-7-6-8-11(17-3)13(10)14(16)19-5-2/h6-8H,4-5,9H2,1-3H3. The second-order valence-electron chi connectivity index (χ2n) is 3.70. The van der Waals surface area contributed by atoms with Crippen molar-refractivity contribution in [2.45, 2.75) is 20.3 Å². The van der Waals surface area contributed by atoms with Crippen molar-refractivity contribution < 1.29 is 23.8 Å². The maximum atomic E-state index is 11.9. The molecule has 0 saturated heterocycles. The van der Waals surface area contributed by atoms with E-state index in [4.69, 9.17) is 14.2 Å². The highest BCUT2D eigenvalue weighted by atomic mass is 16.5. The van der Waals surface area contributed by atoms with Gasteiger partial charge >= 0.3 is 11.9 Å². The Labute approximate surface area is 112 Å². The summed E-state index contributed by atoms with van der Waals surface area (Å²) in [5.74, 6) is -0.499. The van der Waals surface area contributed by atoms with Crippen LogP contribution in [0.2, 0.25) is 0 Å². The number of carbonyl (C=O) groups is 2. The Morgan fingerprint density at radius 1 is 1.11 bits per heavy atom. The topological polar surface area (TPSA) is 61.8 Å². The summed E-state index contributed by atoms with van der Waals surface area (Å²) in [7, 11) is 1.46. The van der Waals surface area contributed by atoms with Gasteiger partial charge in [-0.05, 0) is 25.5 Å². The smallest absolute Gasteiger partial charge is 0.342 e. The zero-order chi connectivity index (χ0) is 14.3. The van der Waals surface area contributed by atoms with E-state index < -0.39 is 5.97 Å². The predicted octanol–water partition coefficient (Wildman–Crippen LogP) is 1.98. The molecule has 5 heteroatoms. The third-order valence-electron chi connectivity index (χ3n) is 2.45. The molecule has 0 bridgehead atoms. The first-order valence-electron chi connectivity index (χ1n) is 6.12. The minimum Gasteiger partial charge on any atom is -0.496 e. The Balaban J connectivity index is 3.08. The van der Waals surface area contributed by atoms with E-state index in [2.05, 4.69) is 0 Å². The first-order valence-corrected chi connectivity index (χ1v) is 6.12. The van der Waals surface area contributed by atoms with Crippen LogP contribution in [0.15, 0.2) is 18.2 Å². The van der Waals surface area contributed by atoms with Crippen LogP contribution in [-0.4, -0.2) is 32.3 Å². The van der Waals surface area contributed by atoms with Crippen molar-refractivity contribution in [1.29, 1.82) is 0 Å². The normalized spacial score (nSPS) is 9.84. The van der Waals surface area contributed by atoms with Gasteiger partial charge in [0.25, 0.3) is 0 Å². The lowest BCUT2D eigenvalue weighted by Gasteiger charge is -2.12. The molecule has 0 fully saturated rings. The second kappa shape index (κ2) is 7.41. The molecule has 0 aliphatic rings. The molecule has 0 atom stereocenters.